The number of pyridine rings is 1. The van der Waals surface area contributed by atoms with Gasteiger partial charge in [-0.2, -0.15) is 0 Å². The molecule has 3 nitrogen and oxygen atoms in total. The number of hydrogen-bond acceptors (Lipinski definition) is 3. The third kappa shape index (κ3) is 7.83. The van der Waals surface area contributed by atoms with E-state index in [0.29, 0.717) is 6.04 Å². The van der Waals surface area contributed by atoms with Crippen LogP contribution in [0.4, 0.5) is 0 Å². The standard InChI is InChI=1S/C16H28N2O/c1-4-5-6-7-8-11-19-16-10-9-15(18-13-16)12-17-14(2)3/h9-10,13-14,17H,4-8,11-12H2,1-3H3. The molecule has 0 saturated heterocycles. The first-order chi connectivity index (χ1) is 9.22. The van der Waals surface area contributed by atoms with Gasteiger partial charge in [0.15, 0.2) is 0 Å². The number of ether oxygens (including phenoxy) is 1. The molecule has 0 aliphatic carbocycles. The van der Waals surface area contributed by atoms with E-state index < -0.39 is 0 Å². The molecule has 0 bridgehead atoms. The van der Waals surface area contributed by atoms with Gasteiger partial charge in [-0.05, 0) is 18.6 Å². The minimum atomic E-state index is 0.487. The van der Waals surface area contributed by atoms with Crippen molar-refractivity contribution >= 4 is 0 Å². The topological polar surface area (TPSA) is 34.1 Å². The summed E-state index contributed by atoms with van der Waals surface area (Å²) in [5.74, 6) is 0.879. The molecule has 108 valence electrons. The Kier molecular flexibility index (Phi) is 8.23. The summed E-state index contributed by atoms with van der Waals surface area (Å²) in [4.78, 5) is 4.39. The van der Waals surface area contributed by atoms with Gasteiger partial charge in [-0.25, -0.2) is 0 Å². The van der Waals surface area contributed by atoms with Crippen molar-refractivity contribution in [3.63, 3.8) is 0 Å². The first kappa shape index (κ1) is 16.0. The maximum atomic E-state index is 5.68. The van der Waals surface area contributed by atoms with E-state index >= 15 is 0 Å². The summed E-state index contributed by atoms with van der Waals surface area (Å²) >= 11 is 0. The molecule has 0 aromatic carbocycles. The highest BCUT2D eigenvalue weighted by molar-refractivity contribution is 5.19. The van der Waals surface area contributed by atoms with Crippen LogP contribution >= 0.6 is 0 Å². The fourth-order valence-corrected chi connectivity index (χ4v) is 1.81. The second-order valence-electron chi connectivity index (χ2n) is 5.28. The van der Waals surface area contributed by atoms with Gasteiger partial charge in [-0.3, -0.25) is 4.98 Å². The molecule has 0 radical (unpaired) electrons. The normalized spacial score (nSPS) is 10.9. The molecule has 0 unspecified atom stereocenters. The summed E-state index contributed by atoms with van der Waals surface area (Å²) in [6, 6.07) is 4.53. The van der Waals surface area contributed by atoms with Gasteiger partial charge in [0.05, 0.1) is 18.5 Å². The van der Waals surface area contributed by atoms with E-state index in [2.05, 4.69) is 31.1 Å². The summed E-state index contributed by atoms with van der Waals surface area (Å²) in [6.45, 7) is 8.12. The van der Waals surface area contributed by atoms with E-state index in [1.807, 2.05) is 18.3 Å². The van der Waals surface area contributed by atoms with Crippen LogP contribution in [0.1, 0.15) is 58.6 Å². The average molecular weight is 264 g/mol. The second kappa shape index (κ2) is 9.79. The van der Waals surface area contributed by atoms with Crippen molar-refractivity contribution in [2.45, 2.75) is 65.5 Å². The van der Waals surface area contributed by atoms with E-state index in [9.17, 15) is 0 Å². The number of nitrogens with one attached hydrogen (secondary N) is 1. The molecule has 0 fully saturated rings. The lowest BCUT2D eigenvalue weighted by Crippen LogP contribution is -2.22. The molecular formula is C16H28N2O. The lowest BCUT2D eigenvalue weighted by molar-refractivity contribution is 0.303. The molecule has 0 aliphatic rings. The zero-order valence-electron chi connectivity index (χ0n) is 12.6. The second-order valence-corrected chi connectivity index (χ2v) is 5.28. The van der Waals surface area contributed by atoms with E-state index in [1.165, 1.54) is 25.7 Å². The Bertz CT molecular complexity index is 322. The van der Waals surface area contributed by atoms with Crippen molar-refractivity contribution < 1.29 is 4.74 Å². The Hall–Kier alpha value is -1.09. The third-order valence-corrected chi connectivity index (χ3v) is 3.01. The van der Waals surface area contributed by atoms with Crippen molar-refractivity contribution in [1.29, 1.82) is 0 Å². The maximum absolute atomic E-state index is 5.68. The predicted octanol–water partition coefficient (Wildman–Crippen LogP) is 3.93. The molecule has 1 rings (SSSR count). The molecule has 1 heterocycles. The number of rotatable bonds is 10. The first-order valence-electron chi connectivity index (χ1n) is 7.53. The van der Waals surface area contributed by atoms with Crippen LogP contribution in [0.25, 0.3) is 0 Å². The quantitative estimate of drug-likeness (QED) is 0.650. The number of nitrogens with zero attached hydrogens (tertiary/aromatic N) is 1. The molecular weight excluding hydrogens is 236 g/mol. The monoisotopic (exact) mass is 264 g/mol. The van der Waals surface area contributed by atoms with Gasteiger partial charge in [0.25, 0.3) is 0 Å². The minimum Gasteiger partial charge on any atom is -0.492 e. The molecule has 0 amide bonds. The number of unbranched alkanes of at least 4 members (excludes halogenated alkanes) is 4. The van der Waals surface area contributed by atoms with Crippen LogP contribution in [-0.4, -0.2) is 17.6 Å². The van der Waals surface area contributed by atoms with Crippen molar-refractivity contribution in [1.82, 2.24) is 10.3 Å². The van der Waals surface area contributed by atoms with Crippen LogP contribution in [0.3, 0.4) is 0 Å². The zero-order valence-corrected chi connectivity index (χ0v) is 12.6. The van der Waals surface area contributed by atoms with Crippen molar-refractivity contribution in [2.75, 3.05) is 6.61 Å². The summed E-state index contributed by atoms with van der Waals surface area (Å²) in [7, 11) is 0. The maximum Gasteiger partial charge on any atom is 0.137 e. The van der Waals surface area contributed by atoms with Gasteiger partial charge in [0, 0.05) is 12.6 Å². The Morgan fingerprint density at radius 2 is 1.95 bits per heavy atom. The van der Waals surface area contributed by atoms with Gasteiger partial charge in [-0.15, -0.1) is 0 Å². The Morgan fingerprint density at radius 1 is 1.16 bits per heavy atom. The Labute approximate surface area is 117 Å². The largest absolute Gasteiger partial charge is 0.492 e. The molecule has 1 N–H and O–H groups in total. The lowest BCUT2D eigenvalue weighted by atomic mass is 10.2. The number of hydrogen-bond donors (Lipinski definition) is 1. The summed E-state index contributed by atoms with van der Waals surface area (Å²) in [6.07, 6.45) is 8.16. The highest BCUT2D eigenvalue weighted by atomic mass is 16.5. The first-order valence-corrected chi connectivity index (χ1v) is 7.53. The highest BCUT2D eigenvalue weighted by Gasteiger charge is 1.98. The molecule has 0 spiro atoms. The van der Waals surface area contributed by atoms with Crippen LogP contribution in [-0.2, 0) is 6.54 Å². The van der Waals surface area contributed by atoms with Gasteiger partial charge in [0.1, 0.15) is 5.75 Å². The van der Waals surface area contributed by atoms with Crippen LogP contribution in [0.15, 0.2) is 18.3 Å². The molecule has 3 heteroatoms. The summed E-state index contributed by atoms with van der Waals surface area (Å²) in [5.41, 5.74) is 1.06. The van der Waals surface area contributed by atoms with Gasteiger partial charge >= 0.3 is 0 Å². The Balaban J connectivity index is 2.17. The third-order valence-electron chi connectivity index (χ3n) is 3.01. The van der Waals surface area contributed by atoms with Crippen LogP contribution in [0.5, 0.6) is 5.75 Å². The van der Waals surface area contributed by atoms with Crippen molar-refractivity contribution in [2.24, 2.45) is 0 Å². The summed E-state index contributed by atoms with van der Waals surface area (Å²) in [5, 5.41) is 3.35. The lowest BCUT2D eigenvalue weighted by Gasteiger charge is -2.09. The molecule has 1 aromatic rings. The van der Waals surface area contributed by atoms with Crippen LogP contribution in [0, 0.1) is 0 Å². The SMILES string of the molecule is CCCCCCCOc1ccc(CNC(C)C)nc1. The molecule has 0 aliphatic heterocycles. The number of aromatic nitrogens is 1. The average Bonchev–Trinajstić information content (AvgIpc) is 2.41. The minimum absolute atomic E-state index is 0.487. The van der Waals surface area contributed by atoms with Gasteiger partial charge in [0.2, 0.25) is 0 Å². The van der Waals surface area contributed by atoms with E-state index in [1.54, 1.807) is 0 Å². The van der Waals surface area contributed by atoms with E-state index in [-0.39, 0.29) is 0 Å². The molecule has 19 heavy (non-hydrogen) atoms. The highest BCUT2D eigenvalue weighted by Crippen LogP contribution is 2.10. The van der Waals surface area contributed by atoms with Crippen LogP contribution in [0.2, 0.25) is 0 Å². The fourth-order valence-electron chi connectivity index (χ4n) is 1.81. The van der Waals surface area contributed by atoms with E-state index in [0.717, 1.165) is 31.0 Å². The Morgan fingerprint density at radius 3 is 2.58 bits per heavy atom. The zero-order chi connectivity index (χ0) is 13.9. The fraction of sp³-hybridized carbons (Fsp3) is 0.688. The molecule has 0 atom stereocenters. The molecule has 1 aromatic heterocycles. The van der Waals surface area contributed by atoms with Gasteiger partial charge < -0.3 is 10.1 Å². The van der Waals surface area contributed by atoms with Gasteiger partial charge in [-0.1, -0.05) is 46.5 Å². The van der Waals surface area contributed by atoms with Crippen molar-refractivity contribution in [3.05, 3.63) is 24.0 Å². The summed E-state index contributed by atoms with van der Waals surface area (Å²) < 4.78 is 5.68. The predicted molar refractivity (Wildman–Crippen MR) is 80.5 cm³/mol. The van der Waals surface area contributed by atoms with Crippen LogP contribution < -0.4 is 10.1 Å². The van der Waals surface area contributed by atoms with E-state index in [4.69, 9.17) is 4.74 Å². The molecule has 0 saturated carbocycles. The van der Waals surface area contributed by atoms with Crippen molar-refractivity contribution in [3.8, 4) is 5.75 Å². The smallest absolute Gasteiger partial charge is 0.137 e.